The molecule has 3 rings (SSSR count). The molecule has 2 heteroatoms. The molecule has 1 aliphatic rings. The molecule has 1 aliphatic heterocycles. The molecule has 1 atom stereocenters. The monoisotopic (exact) mass is 241 g/mol. The summed E-state index contributed by atoms with van der Waals surface area (Å²) in [7, 11) is 0. The van der Waals surface area contributed by atoms with E-state index < -0.39 is 0 Å². The van der Waals surface area contributed by atoms with Crippen LogP contribution in [-0.4, -0.2) is 6.10 Å². The fourth-order valence-corrected chi connectivity index (χ4v) is 2.34. The predicted molar refractivity (Wildman–Crippen MR) is 70.1 cm³/mol. The van der Waals surface area contributed by atoms with Gasteiger partial charge in [0, 0.05) is 17.5 Å². The van der Waals surface area contributed by atoms with E-state index in [1.807, 2.05) is 31.2 Å². The van der Waals surface area contributed by atoms with Crippen LogP contribution in [0.15, 0.2) is 36.4 Å². The topological polar surface area (TPSA) is 9.23 Å². The molecule has 2 aromatic carbocycles. The molecule has 1 unspecified atom stereocenters. The molecule has 0 N–H and O–H groups in total. The van der Waals surface area contributed by atoms with Gasteiger partial charge in [-0.25, -0.2) is 4.39 Å². The van der Waals surface area contributed by atoms with Crippen LogP contribution in [0.4, 0.5) is 4.39 Å². The Bertz CT molecular complexity index is 587. The van der Waals surface area contributed by atoms with Gasteiger partial charge >= 0.3 is 0 Å². The summed E-state index contributed by atoms with van der Waals surface area (Å²) in [5.41, 5.74) is 3.88. The van der Waals surface area contributed by atoms with Crippen molar-refractivity contribution in [1.82, 2.24) is 0 Å². The van der Waals surface area contributed by atoms with Gasteiger partial charge in [0.15, 0.2) is 0 Å². The maximum atomic E-state index is 13.6. The summed E-state index contributed by atoms with van der Waals surface area (Å²) in [6.07, 6.45) is 0.553. The number of hydrogen-bond donors (Lipinski definition) is 0. The van der Waals surface area contributed by atoms with Crippen molar-refractivity contribution in [3.8, 4) is 16.9 Å². The van der Waals surface area contributed by atoms with Gasteiger partial charge in [-0.3, -0.25) is 0 Å². The highest BCUT2D eigenvalue weighted by Gasteiger charge is 2.23. The van der Waals surface area contributed by atoms with Crippen LogP contribution in [0.2, 0.25) is 0 Å². The Morgan fingerprint density at radius 2 is 1.94 bits per heavy atom. The van der Waals surface area contributed by atoms with E-state index in [1.54, 1.807) is 0 Å². The van der Waals surface area contributed by atoms with Crippen molar-refractivity contribution in [2.24, 2.45) is 0 Å². The van der Waals surface area contributed by atoms with Crippen molar-refractivity contribution in [3.05, 3.63) is 60.3 Å². The maximum absolute atomic E-state index is 13.6. The van der Waals surface area contributed by atoms with E-state index in [-0.39, 0.29) is 11.9 Å². The molecular formula is C16H14FO. The first-order valence-electron chi connectivity index (χ1n) is 6.02. The minimum Gasteiger partial charge on any atom is -0.489 e. The van der Waals surface area contributed by atoms with Crippen LogP contribution in [0.5, 0.6) is 5.75 Å². The standard InChI is InChI=1S/C16H14FO/c1-10-3-5-12(6-4-10)15-9-14(17)8-13-7-11(2)18-16(13)15/h3-6,8-9,11H,2,7H2,1H3. The quantitative estimate of drug-likeness (QED) is 0.734. The normalized spacial score (nSPS) is 17.4. The molecule has 0 bridgehead atoms. The summed E-state index contributed by atoms with van der Waals surface area (Å²) < 4.78 is 19.3. The lowest BCUT2D eigenvalue weighted by atomic mass is 9.99. The number of ether oxygens (including phenoxy) is 1. The number of fused-ring (bicyclic) bond motifs is 1. The van der Waals surface area contributed by atoms with E-state index in [1.165, 1.54) is 17.7 Å². The SMILES string of the molecule is [CH2]C1Cc2cc(F)cc(-c3ccc(C)cc3)c2O1. The number of halogens is 1. The molecule has 0 fully saturated rings. The Balaban J connectivity index is 2.15. The summed E-state index contributed by atoms with van der Waals surface area (Å²) >= 11 is 0. The molecule has 1 nitrogen and oxygen atoms in total. The van der Waals surface area contributed by atoms with Crippen LogP contribution in [-0.2, 0) is 6.42 Å². The van der Waals surface area contributed by atoms with Crippen LogP contribution < -0.4 is 4.74 Å². The lowest BCUT2D eigenvalue weighted by Gasteiger charge is -2.10. The average molecular weight is 241 g/mol. The number of rotatable bonds is 1. The van der Waals surface area contributed by atoms with Gasteiger partial charge in [0.1, 0.15) is 17.7 Å². The van der Waals surface area contributed by atoms with Crippen molar-refractivity contribution in [3.63, 3.8) is 0 Å². The Labute approximate surface area is 106 Å². The zero-order chi connectivity index (χ0) is 12.7. The van der Waals surface area contributed by atoms with E-state index in [0.29, 0.717) is 6.42 Å². The lowest BCUT2D eigenvalue weighted by Crippen LogP contribution is -2.06. The third-order valence-electron chi connectivity index (χ3n) is 3.23. The molecule has 0 aliphatic carbocycles. The van der Waals surface area contributed by atoms with E-state index in [4.69, 9.17) is 4.74 Å². The van der Waals surface area contributed by atoms with Gasteiger partial charge in [-0.2, -0.15) is 0 Å². The summed E-state index contributed by atoms with van der Waals surface area (Å²) in [5, 5.41) is 0. The van der Waals surface area contributed by atoms with Crippen LogP contribution >= 0.6 is 0 Å². The first-order valence-corrected chi connectivity index (χ1v) is 6.02. The molecule has 18 heavy (non-hydrogen) atoms. The van der Waals surface area contributed by atoms with Crippen LogP contribution in [0.3, 0.4) is 0 Å². The van der Waals surface area contributed by atoms with E-state index in [2.05, 4.69) is 6.92 Å². The maximum Gasteiger partial charge on any atom is 0.131 e. The summed E-state index contributed by atoms with van der Waals surface area (Å²) in [4.78, 5) is 0. The Hall–Kier alpha value is -1.83. The zero-order valence-electron chi connectivity index (χ0n) is 10.2. The first kappa shape index (κ1) is 11.3. The van der Waals surface area contributed by atoms with Crippen molar-refractivity contribution in [1.29, 1.82) is 0 Å². The number of aryl methyl sites for hydroxylation is 1. The molecule has 0 saturated carbocycles. The second-order valence-electron chi connectivity index (χ2n) is 4.75. The van der Waals surface area contributed by atoms with Gasteiger partial charge < -0.3 is 4.74 Å². The molecule has 91 valence electrons. The van der Waals surface area contributed by atoms with Crippen LogP contribution in [0, 0.1) is 19.7 Å². The third kappa shape index (κ3) is 1.88. The van der Waals surface area contributed by atoms with Gasteiger partial charge in [0.25, 0.3) is 0 Å². The van der Waals surface area contributed by atoms with Gasteiger partial charge in [-0.1, -0.05) is 29.8 Å². The van der Waals surface area contributed by atoms with E-state index >= 15 is 0 Å². The smallest absolute Gasteiger partial charge is 0.131 e. The summed E-state index contributed by atoms with van der Waals surface area (Å²) in [6, 6.07) is 11.1. The lowest BCUT2D eigenvalue weighted by molar-refractivity contribution is 0.282. The van der Waals surface area contributed by atoms with Gasteiger partial charge in [0.05, 0.1) is 0 Å². The van der Waals surface area contributed by atoms with Crippen LogP contribution in [0.1, 0.15) is 11.1 Å². The van der Waals surface area contributed by atoms with Crippen molar-refractivity contribution in [2.45, 2.75) is 19.4 Å². The van der Waals surface area contributed by atoms with E-state index in [0.717, 1.165) is 22.4 Å². The second kappa shape index (κ2) is 4.13. The first-order chi connectivity index (χ1) is 8.63. The molecule has 0 saturated heterocycles. The average Bonchev–Trinajstić information content (AvgIpc) is 2.69. The molecule has 1 radical (unpaired) electrons. The number of benzene rings is 2. The van der Waals surface area contributed by atoms with Crippen molar-refractivity contribution >= 4 is 0 Å². The van der Waals surface area contributed by atoms with E-state index in [9.17, 15) is 4.39 Å². The largest absolute Gasteiger partial charge is 0.489 e. The summed E-state index contributed by atoms with van der Waals surface area (Å²) in [6.45, 7) is 5.92. The van der Waals surface area contributed by atoms with Gasteiger partial charge in [0.2, 0.25) is 0 Å². The molecule has 0 amide bonds. The minimum atomic E-state index is -0.220. The Morgan fingerprint density at radius 1 is 1.22 bits per heavy atom. The molecule has 0 aromatic heterocycles. The second-order valence-corrected chi connectivity index (χ2v) is 4.75. The minimum absolute atomic E-state index is 0.119. The Kier molecular flexibility index (Phi) is 2.58. The third-order valence-corrected chi connectivity index (χ3v) is 3.23. The predicted octanol–water partition coefficient (Wildman–Crippen LogP) is 3.94. The Morgan fingerprint density at radius 3 is 2.67 bits per heavy atom. The van der Waals surface area contributed by atoms with Crippen molar-refractivity contribution < 1.29 is 9.13 Å². The molecule has 0 spiro atoms. The molecule has 1 heterocycles. The summed E-state index contributed by atoms with van der Waals surface area (Å²) in [5.74, 6) is 0.558. The number of hydrogen-bond acceptors (Lipinski definition) is 1. The van der Waals surface area contributed by atoms with Gasteiger partial charge in [-0.15, -0.1) is 0 Å². The van der Waals surface area contributed by atoms with Crippen molar-refractivity contribution in [2.75, 3.05) is 0 Å². The molecular weight excluding hydrogens is 227 g/mol. The highest BCUT2D eigenvalue weighted by atomic mass is 19.1. The fraction of sp³-hybridized carbons (Fsp3) is 0.188. The van der Waals surface area contributed by atoms with Gasteiger partial charge in [-0.05, 0) is 31.5 Å². The highest BCUT2D eigenvalue weighted by Crippen LogP contribution is 2.39. The molecule has 2 aromatic rings. The highest BCUT2D eigenvalue weighted by molar-refractivity contribution is 5.73. The van der Waals surface area contributed by atoms with Crippen LogP contribution in [0.25, 0.3) is 11.1 Å². The fourth-order valence-electron chi connectivity index (χ4n) is 2.34. The zero-order valence-corrected chi connectivity index (χ0v) is 10.2.